The summed E-state index contributed by atoms with van der Waals surface area (Å²) in [6.07, 6.45) is 3.32. The van der Waals surface area contributed by atoms with Crippen molar-refractivity contribution in [3.05, 3.63) is 18.0 Å². The molecule has 3 nitrogen and oxygen atoms in total. The molecule has 1 heterocycles. The zero-order valence-electron chi connectivity index (χ0n) is 4.76. The number of hydrogen-bond acceptors (Lipinski definition) is 2. The summed E-state index contributed by atoms with van der Waals surface area (Å²) >= 11 is 0. The standard InChI is InChI=1S/C6H6N2O/c7-2-1-5-3-8-4-6(5)9/h3-4,8-9H,1H2. The maximum atomic E-state index is 8.90. The SMILES string of the molecule is N#CCc1c[nH]cc1O. The number of rotatable bonds is 1. The Hall–Kier alpha value is -1.43. The highest BCUT2D eigenvalue weighted by Gasteiger charge is 1.97. The predicted molar refractivity (Wildman–Crippen MR) is 31.8 cm³/mol. The minimum Gasteiger partial charge on any atom is -0.506 e. The Morgan fingerprint density at radius 2 is 2.44 bits per heavy atom. The molecule has 46 valence electrons. The van der Waals surface area contributed by atoms with Crippen molar-refractivity contribution in [1.29, 1.82) is 5.26 Å². The minimum atomic E-state index is 0.163. The summed E-state index contributed by atoms with van der Waals surface area (Å²) in [4.78, 5) is 2.68. The number of nitriles is 1. The summed E-state index contributed by atoms with van der Waals surface area (Å²) in [7, 11) is 0. The maximum absolute atomic E-state index is 8.90. The molecule has 0 aliphatic carbocycles. The summed E-state index contributed by atoms with van der Waals surface area (Å²) in [5.41, 5.74) is 0.650. The van der Waals surface area contributed by atoms with Gasteiger partial charge < -0.3 is 10.1 Å². The van der Waals surface area contributed by atoms with E-state index in [1.807, 2.05) is 6.07 Å². The Kier molecular flexibility index (Phi) is 1.41. The number of aromatic amines is 1. The van der Waals surface area contributed by atoms with Gasteiger partial charge in [0.05, 0.1) is 12.5 Å². The largest absolute Gasteiger partial charge is 0.506 e. The number of aromatic nitrogens is 1. The van der Waals surface area contributed by atoms with Crippen LogP contribution in [0, 0.1) is 11.3 Å². The molecule has 0 aliphatic rings. The lowest BCUT2D eigenvalue weighted by Gasteiger charge is -1.84. The summed E-state index contributed by atoms with van der Waals surface area (Å²) in [6, 6.07) is 1.93. The van der Waals surface area contributed by atoms with Crippen LogP contribution in [0.3, 0.4) is 0 Å². The Bertz CT molecular complexity index is 233. The number of hydrogen-bond donors (Lipinski definition) is 2. The van der Waals surface area contributed by atoms with Gasteiger partial charge in [0.15, 0.2) is 0 Å². The number of H-pyrrole nitrogens is 1. The quantitative estimate of drug-likeness (QED) is 0.578. The Morgan fingerprint density at radius 1 is 1.67 bits per heavy atom. The molecule has 0 amide bonds. The van der Waals surface area contributed by atoms with Crippen molar-refractivity contribution in [1.82, 2.24) is 4.98 Å². The summed E-state index contributed by atoms with van der Waals surface area (Å²) in [5, 5.41) is 17.1. The van der Waals surface area contributed by atoms with E-state index < -0.39 is 0 Å². The normalized spacial score (nSPS) is 8.78. The lowest BCUT2D eigenvalue weighted by molar-refractivity contribution is 0.471. The van der Waals surface area contributed by atoms with Gasteiger partial charge >= 0.3 is 0 Å². The van der Waals surface area contributed by atoms with Gasteiger partial charge in [0.1, 0.15) is 5.75 Å². The second-order valence-corrected chi connectivity index (χ2v) is 1.70. The molecule has 1 aromatic rings. The molecule has 0 saturated heterocycles. The van der Waals surface area contributed by atoms with E-state index in [4.69, 9.17) is 10.4 Å². The Balaban J connectivity index is 2.84. The fourth-order valence-electron chi connectivity index (χ4n) is 0.615. The minimum absolute atomic E-state index is 0.163. The molecule has 0 aromatic carbocycles. The Labute approximate surface area is 52.6 Å². The van der Waals surface area contributed by atoms with Crippen molar-refractivity contribution in [3.8, 4) is 11.8 Å². The molecule has 0 saturated carbocycles. The van der Waals surface area contributed by atoms with E-state index in [0.29, 0.717) is 5.56 Å². The fourth-order valence-corrected chi connectivity index (χ4v) is 0.615. The first kappa shape index (κ1) is 5.70. The van der Waals surface area contributed by atoms with E-state index in [0.717, 1.165) is 0 Å². The highest BCUT2D eigenvalue weighted by atomic mass is 16.3. The molecule has 0 unspecified atom stereocenters. The second-order valence-electron chi connectivity index (χ2n) is 1.70. The van der Waals surface area contributed by atoms with Crippen LogP contribution in [0.5, 0.6) is 5.75 Å². The topological polar surface area (TPSA) is 59.8 Å². The molecule has 0 atom stereocenters. The van der Waals surface area contributed by atoms with Crippen LogP contribution in [0.1, 0.15) is 5.56 Å². The van der Waals surface area contributed by atoms with Crippen LogP contribution in [0.15, 0.2) is 12.4 Å². The van der Waals surface area contributed by atoms with Crippen molar-refractivity contribution < 1.29 is 5.11 Å². The van der Waals surface area contributed by atoms with E-state index >= 15 is 0 Å². The Morgan fingerprint density at radius 3 is 2.89 bits per heavy atom. The molecular formula is C6H6N2O. The van der Waals surface area contributed by atoms with E-state index in [-0.39, 0.29) is 12.2 Å². The summed E-state index contributed by atoms with van der Waals surface area (Å²) in [6.45, 7) is 0. The molecule has 1 aromatic heterocycles. The average Bonchev–Trinajstić information content (AvgIpc) is 2.18. The molecule has 2 N–H and O–H groups in total. The number of nitrogens with zero attached hydrogens (tertiary/aromatic N) is 1. The molecule has 9 heavy (non-hydrogen) atoms. The first-order chi connectivity index (χ1) is 4.34. The third-order valence-electron chi connectivity index (χ3n) is 1.08. The van der Waals surface area contributed by atoms with Gasteiger partial charge in [-0.25, -0.2) is 0 Å². The highest BCUT2D eigenvalue weighted by Crippen LogP contribution is 2.14. The van der Waals surface area contributed by atoms with Gasteiger partial charge in [0.2, 0.25) is 0 Å². The molecule has 3 heteroatoms. The van der Waals surface area contributed by atoms with Gasteiger partial charge in [-0.1, -0.05) is 0 Å². The van der Waals surface area contributed by atoms with Crippen LogP contribution in [0.4, 0.5) is 0 Å². The third kappa shape index (κ3) is 1.03. The zero-order chi connectivity index (χ0) is 6.69. The fraction of sp³-hybridized carbons (Fsp3) is 0.167. The van der Waals surface area contributed by atoms with E-state index in [9.17, 15) is 0 Å². The van der Waals surface area contributed by atoms with Crippen molar-refractivity contribution in [2.24, 2.45) is 0 Å². The van der Waals surface area contributed by atoms with Gasteiger partial charge in [-0.3, -0.25) is 0 Å². The van der Waals surface area contributed by atoms with Crippen molar-refractivity contribution in [3.63, 3.8) is 0 Å². The molecule has 0 radical (unpaired) electrons. The van der Waals surface area contributed by atoms with Gasteiger partial charge in [-0.15, -0.1) is 0 Å². The van der Waals surface area contributed by atoms with Crippen LogP contribution in [-0.4, -0.2) is 10.1 Å². The van der Waals surface area contributed by atoms with Gasteiger partial charge in [-0.05, 0) is 0 Å². The van der Waals surface area contributed by atoms with Crippen molar-refractivity contribution in [2.45, 2.75) is 6.42 Å². The molecule has 0 bridgehead atoms. The smallest absolute Gasteiger partial charge is 0.137 e. The van der Waals surface area contributed by atoms with Gasteiger partial charge in [0, 0.05) is 18.0 Å². The van der Waals surface area contributed by atoms with Crippen LogP contribution in [-0.2, 0) is 6.42 Å². The summed E-state index contributed by atoms with van der Waals surface area (Å²) < 4.78 is 0. The third-order valence-corrected chi connectivity index (χ3v) is 1.08. The van der Waals surface area contributed by atoms with E-state index in [1.54, 1.807) is 6.20 Å². The van der Waals surface area contributed by atoms with E-state index in [2.05, 4.69) is 4.98 Å². The zero-order valence-corrected chi connectivity index (χ0v) is 4.76. The van der Waals surface area contributed by atoms with Gasteiger partial charge in [-0.2, -0.15) is 5.26 Å². The first-order valence-corrected chi connectivity index (χ1v) is 2.56. The molecule has 0 spiro atoms. The first-order valence-electron chi connectivity index (χ1n) is 2.56. The van der Waals surface area contributed by atoms with Crippen molar-refractivity contribution in [2.75, 3.05) is 0 Å². The second kappa shape index (κ2) is 2.23. The monoisotopic (exact) mass is 122 g/mol. The molecular weight excluding hydrogens is 116 g/mol. The number of nitrogens with one attached hydrogen (secondary N) is 1. The molecule has 0 fully saturated rings. The molecule has 0 aliphatic heterocycles. The lowest BCUT2D eigenvalue weighted by Crippen LogP contribution is -1.74. The van der Waals surface area contributed by atoms with Crippen LogP contribution in [0.2, 0.25) is 0 Å². The average molecular weight is 122 g/mol. The lowest BCUT2D eigenvalue weighted by atomic mass is 10.2. The summed E-state index contributed by atoms with van der Waals surface area (Å²) in [5.74, 6) is 0.163. The van der Waals surface area contributed by atoms with Crippen LogP contribution in [0.25, 0.3) is 0 Å². The predicted octanol–water partition coefficient (Wildman–Crippen LogP) is 0.786. The van der Waals surface area contributed by atoms with E-state index in [1.165, 1.54) is 6.20 Å². The molecule has 1 rings (SSSR count). The van der Waals surface area contributed by atoms with Crippen LogP contribution < -0.4 is 0 Å². The maximum Gasteiger partial charge on any atom is 0.137 e. The van der Waals surface area contributed by atoms with Crippen LogP contribution >= 0.6 is 0 Å². The van der Waals surface area contributed by atoms with Gasteiger partial charge in [0.25, 0.3) is 0 Å². The highest BCUT2D eigenvalue weighted by molar-refractivity contribution is 5.30. The van der Waals surface area contributed by atoms with Crippen molar-refractivity contribution >= 4 is 0 Å². The number of aromatic hydroxyl groups is 1.